The lowest BCUT2D eigenvalue weighted by Gasteiger charge is -2.13. The zero-order chi connectivity index (χ0) is 19.9. The first-order valence-electron chi connectivity index (χ1n) is 7.15. The molecule has 0 aromatic carbocycles. The third kappa shape index (κ3) is 7.00. The molecule has 1 aliphatic heterocycles. The van der Waals surface area contributed by atoms with E-state index in [1.54, 1.807) is 0 Å². The maximum Gasteiger partial charge on any atom is 0.490 e. The molecule has 0 amide bonds. The molecule has 1 aromatic heterocycles. The molecule has 0 aliphatic carbocycles. The molecule has 3 N–H and O–H groups in total. The number of halogens is 4. The highest BCUT2D eigenvalue weighted by molar-refractivity contribution is 9.10. The normalized spacial score (nSPS) is 16.5. The van der Waals surface area contributed by atoms with Crippen LogP contribution in [-0.2, 0) is 20.9 Å². The van der Waals surface area contributed by atoms with Gasteiger partial charge in [0.15, 0.2) is 0 Å². The van der Waals surface area contributed by atoms with Crippen molar-refractivity contribution in [3.63, 3.8) is 0 Å². The van der Waals surface area contributed by atoms with Crippen LogP contribution in [0.2, 0.25) is 0 Å². The SMILES string of the molecule is O=C(O)C(F)(F)F.O=C(O)Cn1ncc(NC[C@@H]2CCCO2)c(Br)c1=O. The Hall–Kier alpha value is -2.15. The highest BCUT2D eigenvalue weighted by Gasteiger charge is 2.38. The minimum atomic E-state index is -5.08. The van der Waals surface area contributed by atoms with E-state index in [-0.39, 0.29) is 10.6 Å². The molecule has 1 saturated heterocycles. The van der Waals surface area contributed by atoms with Gasteiger partial charge in [0.05, 0.1) is 18.0 Å². The van der Waals surface area contributed by atoms with E-state index in [1.165, 1.54) is 6.20 Å². The van der Waals surface area contributed by atoms with E-state index in [4.69, 9.17) is 19.7 Å². The molecule has 2 rings (SSSR count). The number of alkyl halides is 3. The molecule has 1 fully saturated rings. The summed E-state index contributed by atoms with van der Waals surface area (Å²) in [5, 5.41) is 22.7. The van der Waals surface area contributed by atoms with Crippen LogP contribution in [0.25, 0.3) is 0 Å². The van der Waals surface area contributed by atoms with Crippen LogP contribution < -0.4 is 10.9 Å². The maximum atomic E-state index is 11.8. The minimum absolute atomic E-state index is 0.147. The molecule has 0 saturated carbocycles. The van der Waals surface area contributed by atoms with Crippen molar-refractivity contribution < 1.29 is 37.7 Å². The summed E-state index contributed by atoms with van der Waals surface area (Å²) in [6.07, 6.45) is -1.46. The van der Waals surface area contributed by atoms with E-state index < -0.39 is 30.2 Å². The van der Waals surface area contributed by atoms with Gasteiger partial charge in [0.2, 0.25) is 0 Å². The number of hydrogen-bond acceptors (Lipinski definition) is 6. The largest absolute Gasteiger partial charge is 0.490 e. The van der Waals surface area contributed by atoms with Crippen LogP contribution in [0.3, 0.4) is 0 Å². The van der Waals surface area contributed by atoms with Gasteiger partial charge in [0.25, 0.3) is 5.56 Å². The van der Waals surface area contributed by atoms with Crippen LogP contribution in [0, 0.1) is 0 Å². The fourth-order valence-corrected chi connectivity index (χ4v) is 2.31. The fraction of sp³-hybridized carbons (Fsp3) is 0.538. The number of carboxylic acids is 2. The van der Waals surface area contributed by atoms with E-state index in [0.29, 0.717) is 12.2 Å². The van der Waals surface area contributed by atoms with Gasteiger partial charge in [-0.2, -0.15) is 18.3 Å². The van der Waals surface area contributed by atoms with E-state index in [1.807, 2.05) is 0 Å². The molecule has 9 nitrogen and oxygen atoms in total. The van der Waals surface area contributed by atoms with Gasteiger partial charge < -0.3 is 20.3 Å². The quantitative estimate of drug-likeness (QED) is 0.618. The van der Waals surface area contributed by atoms with Gasteiger partial charge in [-0.25, -0.2) is 9.48 Å². The fourth-order valence-electron chi connectivity index (χ4n) is 1.86. The van der Waals surface area contributed by atoms with E-state index in [0.717, 1.165) is 24.1 Å². The molecule has 1 aliphatic rings. The summed E-state index contributed by atoms with van der Waals surface area (Å²) in [7, 11) is 0. The van der Waals surface area contributed by atoms with Gasteiger partial charge in [0.1, 0.15) is 11.0 Å². The Kier molecular flexibility index (Phi) is 8.02. The third-order valence-electron chi connectivity index (χ3n) is 3.06. The van der Waals surface area contributed by atoms with Gasteiger partial charge in [0, 0.05) is 13.2 Å². The van der Waals surface area contributed by atoms with Crippen LogP contribution in [0.4, 0.5) is 18.9 Å². The van der Waals surface area contributed by atoms with Crippen LogP contribution in [0.1, 0.15) is 12.8 Å². The molecule has 13 heteroatoms. The van der Waals surface area contributed by atoms with Crippen molar-refractivity contribution in [2.75, 3.05) is 18.5 Å². The van der Waals surface area contributed by atoms with Crippen LogP contribution in [0.5, 0.6) is 0 Å². The first-order chi connectivity index (χ1) is 12.0. The van der Waals surface area contributed by atoms with Gasteiger partial charge in [-0.15, -0.1) is 0 Å². The number of nitrogens with one attached hydrogen (secondary N) is 1. The topological polar surface area (TPSA) is 131 Å². The van der Waals surface area contributed by atoms with Gasteiger partial charge in [-0.05, 0) is 28.8 Å². The van der Waals surface area contributed by atoms with Crippen molar-refractivity contribution in [3.05, 3.63) is 21.0 Å². The van der Waals surface area contributed by atoms with Crippen molar-refractivity contribution in [2.45, 2.75) is 31.7 Å². The first kappa shape index (κ1) is 21.9. The summed E-state index contributed by atoms with van der Waals surface area (Å²) < 4.78 is 38.4. The first-order valence-corrected chi connectivity index (χ1v) is 7.94. The second-order valence-corrected chi connectivity index (χ2v) is 5.84. The monoisotopic (exact) mass is 445 g/mol. The highest BCUT2D eigenvalue weighted by atomic mass is 79.9. The summed E-state index contributed by atoms with van der Waals surface area (Å²) in [6, 6.07) is 0. The van der Waals surface area contributed by atoms with Crippen molar-refractivity contribution >= 4 is 33.6 Å². The molecule has 2 heterocycles. The zero-order valence-corrected chi connectivity index (χ0v) is 14.7. The Bertz CT molecular complexity index is 703. The molecule has 0 radical (unpaired) electrons. The molecule has 0 spiro atoms. The Labute approximate surface area is 152 Å². The summed E-state index contributed by atoms with van der Waals surface area (Å²) in [4.78, 5) is 31.3. The van der Waals surface area contributed by atoms with Crippen LogP contribution >= 0.6 is 15.9 Å². The van der Waals surface area contributed by atoms with Gasteiger partial charge >= 0.3 is 18.1 Å². The van der Waals surface area contributed by atoms with Gasteiger partial charge in [-0.3, -0.25) is 9.59 Å². The molecule has 0 unspecified atom stereocenters. The predicted molar refractivity (Wildman–Crippen MR) is 85.0 cm³/mol. The van der Waals surface area contributed by atoms with Crippen LogP contribution in [-0.4, -0.2) is 57.4 Å². The minimum Gasteiger partial charge on any atom is -0.480 e. The second-order valence-electron chi connectivity index (χ2n) is 5.05. The second kappa shape index (κ2) is 9.52. The Balaban J connectivity index is 0.000000412. The molecular formula is C13H15BrF3N3O6. The van der Waals surface area contributed by atoms with Gasteiger partial charge in [-0.1, -0.05) is 0 Å². The van der Waals surface area contributed by atoms with E-state index >= 15 is 0 Å². The molecule has 0 bridgehead atoms. The predicted octanol–water partition coefficient (Wildman–Crippen LogP) is 1.31. The number of ether oxygens (including phenoxy) is 1. The number of aliphatic carboxylic acids is 2. The Morgan fingerprint density at radius 3 is 2.50 bits per heavy atom. The Morgan fingerprint density at radius 1 is 1.42 bits per heavy atom. The van der Waals surface area contributed by atoms with Crippen LogP contribution in [0.15, 0.2) is 15.5 Å². The number of rotatable bonds is 5. The highest BCUT2D eigenvalue weighted by Crippen LogP contribution is 2.18. The number of carbonyl (C=O) groups is 2. The van der Waals surface area contributed by atoms with Crippen molar-refractivity contribution in [2.24, 2.45) is 0 Å². The number of nitrogens with zero attached hydrogens (tertiary/aromatic N) is 2. The molecule has 146 valence electrons. The average Bonchev–Trinajstić information content (AvgIpc) is 3.04. The standard InChI is InChI=1S/C11H14BrN3O4.C2HF3O2/c12-10-8(13-4-7-2-1-3-19-7)5-14-15(11(10)18)6-9(16)17;3-2(4,5)1(6)7/h5,7,13H,1-4,6H2,(H,16,17);(H,6,7)/t7-;/m0./s1. The third-order valence-corrected chi connectivity index (χ3v) is 3.82. The number of carboxylic acid groups (broad SMARTS) is 2. The number of aromatic nitrogens is 2. The average molecular weight is 446 g/mol. The van der Waals surface area contributed by atoms with E-state index in [9.17, 15) is 22.8 Å². The number of anilines is 1. The number of hydrogen-bond donors (Lipinski definition) is 3. The molecule has 1 atom stereocenters. The lowest BCUT2D eigenvalue weighted by atomic mass is 10.2. The lowest BCUT2D eigenvalue weighted by Crippen LogP contribution is -2.28. The maximum absolute atomic E-state index is 11.8. The van der Waals surface area contributed by atoms with E-state index in [2.05, 4.69) is 26.3 Å². The van der Waals surface area contributed by atoms with Crippen molar-refractivity contribution in [1.82, 2.24) is 9.78 Å². The Morgan fingerprint density at radius 2 is 2.04 bits per heavy atom. The zero-order valence-electron chi connectivity index (χ0n) is 13.1. The summed E-state index contributed by atoms with van der Waals surface area (Å²) >= 11 is 3.16. The molecule has 1 aromatic rings. The van der Waals surface area contributed by atoms with Crippen molar-refractivity contribution in [3.8, 4) is 0 Å². The van der Waals surface area contributed by atoms with Crippen molar-refractivity contribution in [1.29, 1.82) is 0 Å². The summed E-state index contributed by atoms with van der Waals surface area (Å²) in [6.45, 7) is 0.915. The summed E-state index contributed by atoms with van der Waals surface area (Å²) in [5.41, 5.74) is 0.0712. The lowest BCUT2D eigenvalue weighted by molar-refractivity contribution is -0.192. The summed E-state index contributed by atoms with van der Waals surface area (Å²) in [5.74, 6) is -3.87. The molecular weight excluding hydrogens is 431 g/mol. The smallest absolute Gasteiger partial charge is 0.480 e. The molecule has 26 heavy (non-hydrogen) atoms.